The smallest absolute Gasteiger partial charge is 0.0629 e. The van der Waals surface area contributed by atoms with E-state index in [-0.39, 0.29) is 29.7 Å². The van der Waals surface area contributed by atoms with E-state index in [1.807, 2.05) is 42.5 Å². The maximum atomic E-state index is 8.55. The van der Waals surface area contributed by atoms with Crippen molar-refractivity contribution in [2.24, 2.45) is 0 Å². The van der Waals surface area contributed by atoms with Gasteiger partial charge in [-0.25, -0.2) is 0 Å². The number of fused-ring (bicyclic) bond motifs is 4. The van der Waals surface area contributed by atoms with Crippen molar-refractivity contribution in [1.29, 1.82) is 0 Å². The van der Waals surface area contributed by atoms with Gasteiger partial charge in [-0.1, -0.05) is 176 Å². The summed E-state index contributed by atoms with van der Waals surface area (Å²) in [7, 11) is 0. The Hall–Kier alpha value is -7.94. The van der Waals surface area contributed by atoms with Gasteiger partial charge in [-0.05, 0) is 122 Å². The lowest BCUT2D eigenvalue weighted by atomic mass is 9.97. The molecule has 11 aromatic rings. The zero-order chi connectivity index (χ0) is 44.2. The summed E-state index contributed by atoms with van der Waals surface area (Å²) in [4.78, 5) is 2.18. The van der Waals surface area contributed by atoms with Crippen LogP contribution in [-0.2, 0) is 0 Å². The van der Waals surface area contributed by atoms with Gasteiger partial charge in [0.1, 0.15) is 0 Å². The predicted octanol–water partition coefficient (Wildman–Crippen LogP) is 16.1. The Bertz CT molecular complexity index is 3540. The van der Waals surface area contributed by atoms with Gasteiger partial charge in [0.05, 0.1) is 17.9 Å². The zero-order valence-electron chi connectivity index (χ0n) is 37.6. The molecular weight excluding hydrogens is 725 g/mol. The quantitative estimate of drug-likeness (QED) is 0.149. The number of hydrogen-bond acceptors (Lipinski definition) is 1. The van der Waals surface area contributed by atoms with E-state index in [1.54, 1.807) is 0 Å². The minimum Gasteiger partial charge on any atom is -0.310 e. The molecular formula is C58H40N2. The maximum absolute atomic E-state index is 8.55. The van der Waals surface area contributed by atoms with Gasteiger partial charge in [-0.2, -0.15) is 0 Å². The van der Waals surface area contributed by atoms with Crippen LogP contribution in [0.25, 0.3) is 82.8 Å². The molecule has 0 atom stereocenters. The molecule has 282 valence electrons. The summed E-state index contributed by atoms with van der Waals surface area (Å²) in [5.74, 6) is 0. The van der Waals surface area contributed by atoms with Gasteiger partial charge in [-0.15, -0.1) is 0 Å². The van der Waals surface area contributed by atoms with E-state index >= 15 is 0 Å². The molecule has 11 rings (SSSR count). The van der Waals surface area contributed by atoms with E-state index in [0.717, 1.165) is 66.9 Å². The Kier molecular flexibility index (Phi) is 7.59. The SMILES string of the molecule is [2H]c1c([2H])c([2H])c(-c2ccc(N(c3ccc(-c4ccccc4)cc3)c3ccc4cc(-c5ccc(-c6ccc7c8ccccc8n(-c8ccccc8)c7c6)cc5)ccc4c3)cc2)c([2H])c1[2H]. The molecule has 10 aromatic carbocycles. The van der Waals surface area contributed by atoms with Crippen LogP contribution in [-0.4, -0.2) is 4.57 Å². The van der Waals surface area contributed by atoms with Gasteiger partial charge in [0.15, 0.2) is 0 Å². The lowest BCUT2D eigenvalue weighted by Crippen LogP contribution is -2.09. The summed E-state index contributed by atoms with van der Waals surface area (Å²) >= 11 is 0. The molecule has 0 radical (unpaired) electrons. The molecule has 2 heteroatoms. The molecule has 0 saturated carbocycles. The van der Waals surface area contributed by atoms with Crippen LogP contribution in [0.1, 0.15) is 6.85 Å². The van der Waals surface area contributed by atoms with Crippen molar-refractivity contribution in [3.8, 4) is 50.2 Å². The van der Waals surface area contributed by atoms with Crippen molar-refractivity contribution in [1.82, 2.24) is 4.57 Å². The molecule has 0 aliphatic heterocycles. The Morgan fingerprint density at radius 3 is 1.48 bits per heavy atom. The molecule has 0 bridgehead atoms. The number of aromatic nitrogens is 1. The van der Waals surface area contributed by atoms with Gasteiger partial charge < -0.3 is 9.47 Å². The Balaban J connectivity index is 0.925. The molecule has 60 heavy (non-hydrogen) atoms. The summed E-state index contributed by atoms with van der Waals surface area (Å²) in [6.45, 7) is 0. The Morgan fingerprint density at radius 1 is 0.317 bits per heavy atom. The second-order valence-corrected chi connectivity index (χ2v) is 15.0. The number of nitrogens with zero attached hydrogens (tertiary/aromatic N) is 2. The zero-order valence-corrected chi connectivity index (χ0v) is 32.6. The summed E-state index contributed by atoms with van der Waals surface area (Å²) in [6.07, 6.45) is 0. The number of benzene rings is 10. The minimum atomic E-state index is -0.402. The average molecular weight is 770 g/mol. The third kappa shape index (κ3) is 6.51. The third-order valence-corrected chi connectivity index (χ3v) is 11.5. The fraction of sp³-hybridized carbons (Fsp3) is 0. The second kappa shape index (κ2) is 15.1. The molecule has 0 spiro atoms. The number of para-hydroxylation sites is 2. The van der Waals surface area contributed by atoms with Crippen LogP contribution in [0.5, 0.6) is 0 Å². The van der Waals surface area contributed by atoms with Crippen molar-refractivity contribution in [3.05, 3.63) is 243 Å². The summed E-state index contributed by atoms with van der Waals surface area (Å²) < 4.78 is 43.9. The highest BCUT2D eigenvalue weighted by molar-refractivity contribution is 6.10. The second-order valence-electron chi connectivity index (χ2n) is 15.0. The first-order chi connectivity index (χ1) is 31.8. The van der Waals surface area contributed by atoms with Crippen molar-refractivity contribution in [2.75, 3.05) is 4.90 Å². The van der Waals surface area contributed by atoms with E-state index in [4.69, 9.17) is 6.85 Å². The summed E-state index contributed by atoms with van der Waals surface area (Å²) in [5.41, 5.74) is 13.9. The van der Waals surface area contributed by atoms with E-state index < -0.39 is 6.04 Å². The van der Waals surface area contributed by atoms with Gasteiger partial charge in [0.25, 0.3) is 0 Å². The van der Waals surface area contributed by atoms with Crippen molar-refractivity contribution in [2.45, 2.75) is 0 Å². The monoisotopic (exact) mass is 769 g/mol. The van der Waals surface area contributed by atoms with Crippen LogP contribution < -0.4 is 4.90 Å². The first kappa shape index (κ1) is 30.2. The molecule has 2 nitrogen and oxygen atoms in total. The van der Waals surface area contributed by atoms with E-state index in [1.165, 1.54) is 21.8 Å². The van der Waals surface area contributed by atoms with E-state index in [2.05, 4.69) is 179 Å². The maximum Gasteiger partial charge on any atom is 0.0629 e. The van der Waals surface area contributed by atoms with Gasteiger partial charge in [-0.3, -0.25) is 0 Å². The standard InChI is InChI=1S/C58H40N2/c1-4-12-41(13-5-1)43-26-32-52(33-27-43)59(53-34-28-44(29-35-53)42-14-6-2-7-15-42)54-36-30-48-38-47(24-25-49(48)39-54)45-20-22-46(23-21-45)50-31-37-56-55-18-10-11-19-57(55)60(58(56)40-50)51-16-8-3-9-17-51/h1-40H/i1D,4D,5D,12D,13D. The highest BCUT2D eigenvalue weighted by Gasteiger charge is 2.16. The lowest BCUT2D eigenvalue weighted by molar-refractivity contribution is 1.18. The third-order valence-electron chi connectivity index (χ3n) is 11.5. The molecule has 0 amide bonds. The number of anilines is 3. The molecule has 1 aromatic heterocycles. The highest BCUT2D eigenvalue weighted by Crippen LogP contribution is 2.40. The molecule has 0 N–H and O–H groups in total. The largest absolute Gasteiger partial charge is 0.310 e. The molecule has 0 unspecified atom stereocenters. The van der Waals surface area contributed by atoms with E-state index in [0.29, 0.717) is 5.56 Å². The number of rotatable bonds is 8. The fourth-order valence-electron chi connectivity index (χ4n) is 8.46. The van der Waals surface area contributed by atoms with Gasteiger partial charge in [0.2, 0.25) is 0 Å². The predicted molar refractivity (Wildman–Crippen MR) is 255 cm³/mol. The molecule has 0 aliphatic carbocycles. The average Bonchev–Trinajstić information content (AvgIpc) is 3.70. The summed E-state index contributed by atoms with van der Waals surface area (Å²) in [5, 5.41) is 4.68. The Morgan fingerprint density at radius 2 is 0.783 bits per heavy atom. The minimum absolute atomic E-state index is 0.183. The molecule has 0 fully saturated rings. The first-order valence-electron chi connectivity index (χ1n) is 22.7. The van der Waals surface area contributed by atoms with Gasteiger partial charge >= 0.3 is 0 Å². The van der Waals surface area contributed by atoms with Crippen LogP contribution in [0, 0.1) is 0 Å². The van der Waals surface area contributed by atoms with Crippen molar-refractivity contribution < 1.29 is 6.85 Å². The van der Waals surface area contributed by atoms with E-state index in [9.17, 15) is 0 Å². The van der Waals surface area contributed by atoms with Crippen LogP contribution >= 0.6 is 0 Å². The van der Waals surface area contributed by atoms with Gasteiger partial charge in [0, 0.05) is 33.5 Å². The van der Waals surface area contributed by atoms with Crippen LogP contribution in [0.15, 0.2) is 243 Å². The summed E-state index contributed by atoms with van der Waals surface area (Å²) in [6, 6.07) is 72.6. The first-order valence-corrected chi connectivity index (χ1v) is 20.2. The Labute approximate surface area is 357 Å². The molecule has 1 heterocycles. The van der Waals surface area contributed by atoms with Crippen LogP contribution in [0.2, 0.25) is 0 Å². The van der Waals surface area contributed by atoms with Crippen molar-refractivity contribution in [3.63, 3.8) is 0 Å². The van der Waals surface area contributed by atoms with Crippen LogP contribution in [0.3, 0.4) is 0 Å². The lowest BCUT2D eigenvalue weighted by Gasteiger charge is -2.26. The number of hydrogen-bond donors (Lipinski definition) is 0. The van der Waals surface area contributed by atoms with Crippen molar-refractivity contribution >= 4 is 49.6 Å². The topological polar surface area (TPSA) is 8.17 Å². The molecule has 0 saturated heterocycles. The highest BCUT2D eigenvalue weighted by atomic mass is 15.1. The van der Waals surface area contributed by atoms with Crippen LogP contribution in [0.4, 0.5) is 17.1 Å². The normalized spacial score (nSPS) is 12.5. The fourth-order valence-corrected chi connectivity index (χ4v) is 8.46. The molecule has 0 aliphatic rings.